The van der Waals surface area contributed by atoms with Gasteiger partial charge in [-0.1, -0.05) is 40.5 Å². The van der Waals surface area contributed by atoms with E-state index in [2.05, 4.69) is 39.5 Å². The molecule has 0 N–H and O–H groups in total. The quantitative estimate of drug-likeness (QED) is 0.572. The second-order valence-electron chi connectivity index (χ2n) is 3.90. The third kappa shape index (κ3) is 7.02. The number of rotatable bonds is 7. The molecule has 0 saturated heterocycles. The molecular formula is C11H24S. The summed E-state index contributed by atoms with van der Waals surface area (Å²) in [5, 5.41) is 0.923. The monoisotopic (exact) mass is 188 g/mol. The summed E-state index contributed by atoms with van der Waals surface area (Å²) in [7, 11) is 0. The molecule has 1 unspecified atom stereocenters. The van der Waals surface area contributed by atoms with Crippen molar-refractivity contribution in [3.05, 3.63) is 0 Å². The molecule has 0 aliphatic rings. The largest absolute Gasteiger partial charge is 0.158 e. The van der Waals surface area contributed by atoms with E-state index in [9.17, 15) is 0 Å². The number of hydrogen-bond donors (Lipinski definition) is 0. The summed E-state index contributed by atoms with van der Waals surface area (Å²) in [6, 6.07) is 0. The van der Waals surface area contributed by atoms with E-state index in [0.717, 1.165) is 11.2 Å². The van der Waals surface area contributed by atoms with Crippen LogP contribution >= 0.6 is 11.8 Å². The Morgan fingerprint density at radius 3 is 2.25 bits per heavy atom. The maximum atomic E-state index is 2.31. The van der Waals surface area contributed by atoms with Crippen LogP contribution in [0.4, 0.5) is 0 Å². The Balaban J connectivity index is 3.39. The van der Waals surface area contributed by atoms with Gasteiger partial charge in [0.25, 0.3) is 0 Å². The van der Waals surface area contributed by atoms with Crippen LogP contribution < -0.4 is 0 Å². The summed E-state index contributed by atoms with van der Waals surface area (Å²) in [6.45, 7) is 9.20. The van der Waals surface area contributed by atoms with Crippen molar-refractivity contribution < 1.29 is 0 Å². The lowest BCUT2D eigenvalue weighted by molar-refractivity contribution is 0.665. The topological polar surface area (TPSA) is 0 Å². The van der Waals surface area contributed by atoms with Crippen LogP contribution in [0.15, 0.2) is 0 Å². The Hall–Kier alpha value is 0.350. The highest BCUT2D eigenvalue weighted by Gasteiger charge is 2.06. The molecule has 0 aromatic carbocycles. The number of thioether (sulfide) groups is 1. The lowest BCUT2D eigenvalue weighted by atomic mass is 10.2. The van der Waals surface area contributed by atoms with E-state index >= 15 is 0 Å². The van der Waals surface area contributed by atoms with E-state index in [-0.39, 0.29) is 0 Å². The Labute approximate surface area is 82.5 Å². The summed E-state index contributed by atoms with van der Waals surface area (Å²) >= 11 is 2.17. The van der Waals surface area contributed by atoms with Crippen molar-refractivity contribution in [1.82, 2.24) is 0 Å². The first-order valence-electron chi connectivity index (χ1n) is 5.32. The van der Waals surface area contributed by atoms with Gasteiger partial charge in [-0.05, 0) is 24.5 Å². The smallest absolute Gasteiger partial charge is 0.00445 e. The van der Waals surface area contributed by atoms with Gasteiger partial charge in [0.15, 0.2) is 0 Å². The molecule has 74 valence electrons. The Morgan fingerprint density at radius 1 is 1.17 bits per heavy atom. The van der Waals surface area contributed by atoms with Gasteiger partial charge in [-0.2, -0.15) is 11.8 Å². The first-order chi connectivity index (χ1) is 5.70. The lowest BCUT2D eigenvalue weighted by Gasteiger charge is -2.15. The zero-order valence-electron chi connectivity index (χ0n) is 9.10. The summed E-state index contributed by atoms with van der Waals surface area (Å²) in [5.74, 6) is 2.19. The fourth-order valence-electron chi connectivity index (χ4n) is 1.17. The Bertz CT molecular complexity index is 89.0. The predicted octanol–water partition coefficient (Wildman–Crippen LogP) is 4.34. The maximum Gasteiger partial charge on any atom is 0.00445 e. The molecule has 0 amide bonds. The summed E-state index contributed by atoms with van der Waals surface area (Å²) in [4.78, 5) is 0. The molecule has 0 bridgehead atoms. The average Bonchev–Trinajstić information content (AvgIpc) is 2.05. The van der Waals surface area contributed by atoms with Crippen molar-refractivity contribution >= 4 is 11.8 Å². The summed E-state index contributed by atoms with van der Waals surface area (Å²) in [6.07, 6.45) is 5.52. The van der Waals surface area contributed by atoms with E-state index in [0.29, 0.717) is 0 Å². The lowest BCUT2D eigenvalue weighted by Crippen LogP contribution is -2.04. The molecule has 0 aromatic heterocycles. The first kappa shape index (κ1) is 12.3. The molecule has 0 saturated carbocycles. The van der Waals surface area contributed by atoms with Crippen LogP contribution in [0.1, 0.15) is 53.4 Å². The second-order valence-corrected chi connectivity index (χ2v) is 5.23. The van der Waals surface area contributed by atoms with E-state index < -0.39 is 0 Å². The van der Waals surface area contributed by atoms with Gasteiger partial charge in [0.1, 0.15) is 0 Å². The van der Waals surface area contributed by atoms with Gasteiger partial charge in [0, 0.05) is 5.25 Å². The summed E-state index contributed by atoms with van der Waals surface area (Å²) in [5.41, 5.74) is 0. The van der Waals surface area contributed by atoms with E-state index in [4.69, 9.17) is 0 Å². The minimum atomic E-state index is 0.852. The zero-order valence-corrected chi connectivity index (χ0v) is 9.91. The SMILES string of the molecule is CCCCC(CC)SCC(C)C. The van der Waals surface area contributed by atoms with Gasteiger partial charge in [0.2, 0.25) is 0 Å². The molecule has 0 spiro atoms. The molecule has 0 nitrogen and oxygen atoms in total. The fraction of sp³-hybridized carbons (Fsp3) is 1.00. The van der Waals surface area contributed by atoms with Crippen LogP contribution in [0.25, 0.3) is 0 Å². The highest BCUT2D eigenvalue weighted by Crippen LogP contribution is 2.22. The molecule has 1 atom stereocenters. The molecule has 0 heterocycles. The van der Waals surface area contributed by atoms with Crippen molar-refractivity contribution in [3.63, 3.8) is 0 Å². The van der Waals surface area contributed by atoms with Crippen LogP contribution in [0.3, 0.4) is 0 Å². The van der Waals surface area contributed by atoms with Crippen molar-refractivity contribution in [2.75, 3.05) is 5.75 Å². The van der Waals surface area contributed by atoms with Gasteiger partial charge in [-0.25, -0.2) is 0 Å². The molecule has 0 fully saturated rings. The van der Waals surface area contributed by atoms with Crippen LogP contribution in [-0.2, 0) is 0 Å². The van der Waals surface area contributed by atoms with Gasteiger partial charge >= 0.3 is 0 Å². The van der Waals surface area contributed by atoms with Crippen molar-refractivity contribution in [1.29, 1.82) is 0 Å². The van der Waals surface area contributed by atoms with Crippen LogP contribution in [0.2, 0.25) is 0 Å². The molecule has 1 heteroatoms. The number of unbranched alkanes of at least 4 members (excludes halogenated alkanes) is 1. The fourth-order valence-corrected chi connectivity index (χ4v) is 2.39. The van der Waals surface area contributed by atoms with E-state index in [1.807, 2.05) is 0 Å². The van der Waals surface area contributed by atoms with Crippen molar-refractivity contribution in [2.45, 2.75) is 58.6 Å². The van der Waals surface area contributed by atoms with Gasteiger partial charge < -0.3 is 0 Å². The Morgan fingerprint density at radius 2 is 1.83 bits per heavy atom. The highest BCUT2D eigenvalue weighted by molar-refractivity contribution is 7.99. The highest BCUT2D eigenvalue weighted by atomic mass is 32.2. The van der Waals surface area contributed by atoms with E-state index in [1.165, 1.54) is 31.4 Å². The second kappa shape index (κ2) is 7.97. The van der Waals surface area contributed by atoms with Gasteiger partial charge in [0.05, 0.1) is 0 Å². The number of hydrogen-bond acceptors (Lipinski definition) is 1. The molecule has 0 rings (SSSR count). The zero-order chi connectivity index (χ0) is 9.40. The molecule has 0 aliphatic heterocycles. The van der Waals surface area contributed by atoms with Crippen molar-refractivity contribution in [3.8, 4) is 0 Å². The third-order valence-electron chi connectivity index (χ3n) is 2.00. The first-order valence-corrected chi connectivity index (χ1v) is 6.37. The van der Waals surface area contributed by atoms with E-state index in [1.54, 1.807) is 0 Å². The molecule has 0 aliphatic carbocycles. The van der Waals surface area contributed by atoms with Crippen LogP contribution in [-0.4, -0.2) is 11.0 Å². The minimum absolute atomic E-state index is 0.852. The summed E-state index contributed by atoms with van der Waals surface area (Å²) < 4.78 is 0. The standard InChI is InChI=1S/C11H24S/c1-5-7-8-11(6-2)12-9-10(3)4/h10-11H,5-9H2,1-4H3. The maximum absolute atomic E-state index is 2.31. The van der Waals surface area contributed by atoms with Gasteiger partial charge in [-0.3, -0.25) is 0 Å². The van der Waals surface area contributed by atoms with Gasteiger partial charge in [-0.15, -0.1) is 0 Å². The third-order valence-corrected chi connectivity index (χ3v) is 3.90. The average molecular weight is 188 g/mol. The normalized spacial score (nSPS) is 13.8. The predicted molar refractivity (Wildman–Crippen MR) is 60.9 cm³/mol. The van der Waals surface area contributed by atoms with Crippen molar-refractivity contribution in [2.24, 2.45) is 5.92 Å². The molecule has 12 heavy (non-hydrogen) atoms. The van der Waals surface area contributed by atoms with Crippen LogP contribution in [0, 0.1) is 5.92 Å². The Kier molecular flexibility index (Phi) is 8.20. The van der Waals surface area contributed by atoms with Crippen LogP contribution in [0.5, 0.6) is 0 Å². The minimum Gasteiger partial charge on any atom is -0.158 e. The molecule has 0 radical (unpaired) electrons. The molecule has 0 aromatic rings. The molecular weight excluding hydrogens is 164 g/mol.